The Bertz CT molecular complexity index is 410. The fourth-order valence-electron chi connectivity index (χ4n) is 3.23. The highest BCUT2D eigenvalue weighted by Crippen LogP contribution is 2.27. The van der Waals surface area contributed by atoms with E-state index in [1.165, 1.54) is 37.8 Å². The zero-order valence-corrected chi connectivity index (χ0v) is 11.4. The van der Waals surface area contributed by atoms with Crippen LogP contribution in [0.15, 0.2) is 18.2 Å². The van der Waals surface area contributed by atoms with Crippen LogP contribution in [0.3, 0.4) is 0 Å². The third-order valence-corrected chi connectivity index (χ3v) is 4.47. The van der Waals surface area contributed by atoms with E-state index in [9.17, 15) is 0 Å². The summed E-state index contributed by atoms with van der Waals surface area (Å²) in [7, 11) is 2.28. The second kappa shape index (κ2) is 5.41. The molecule has 0 radical (unpaired) electrons. The van der Waals surface area contributed by atoms with Gasteiger partial charge in [0.15, 0.2) is 0 Å². The summed E-state index contributed by atoms with van der Waals surface area (Å²) in [6, 6.07) is 6.82. The maximum atomic E-state index is 3.46. The second-order valence-corrected chi connectivity index (χ2v) is 5.98. The molecule has 0 saturated heterocycles. The average molecular weight is 244 g/mol. The summed E-state index contributed by atoms with van der Waals surface area (Å²) in [6.45, 7) is 4.59. The van der Waals surface area contributed by atoms with Crippen molar-refractivity contribution in [1.29, 1.82) is 0 Å². The molecule has 3 rings (SSSR count). The van der Waals surface area contributed by atoms with E-state index in [1.807, 2.05) is 0 Å². The van der Waals surface area contributed by atoms with Crippen LogP contribution < -0.4 is 5.32 Å². The fourth-order valence-corrected chi connectivity index (χ4v) is 3.23. The predicted octanol–water partition coefficient (Wildman–Crippen LogP) is 2.56. The number of rotatable bonds is 4. The number of nitrogens with zero attached hydrogens (tertiary/aromatic N) is 1. The molecule has 0 bridgehead atoms. The molecule has 1 N–H and O–H groups in total. The van der Waals surface area contributed by atoms with Crippen molar-refractivity contribution >= 4 is 0 Å². The van der Waals surface area contributed by atoms with E-state index < -0.39 is 0 Å². The van der Waals surface area contributed by atoms with Crippen LogP contribution in [0.4, 0.5) is 0 Å². The molecule has 98 valence electrons. The standard InChI is InChI=1S/C16H24N2/c1-18(11-13-4-2-5-13)12-15-7-3-6-14-10-17-9-8-16(14)15/h3,6-7,13,17H,2,4-5,8-12H2,1H3. The Balaban J connectivity index is 1.67. The van der Waals surface area contributed by atoms with Crippen molar-refractivity contribution in [3.63, 3.8) is 0 Å². The molecule has 2 heteroatoms. The lowest BCUT2D eigenvalue weighted by atomic mass is 9.85. The molecule has 2 nitrogen and oxygen atoms in total. The van der Waals surface area contributed by atoms with Gasteiger partial charge in [-0.2, -0.15) is 0 Å². The molecule has 1 saturated carbocycles. The van der Waals surface area contributed by atoms with Gasteiger partial charge in [0.25, 0.3) is 0 Å². The molecule has 1 aromatic carbocycles. The summed E-state index contributed by atoms with van der Waals surface area (Å²) in [5, 5.41) is 3.46. The monoisotopic (exact) mass is 244 g/mol. The van der Waals surface area contributed by atoms with Crippen LogP contribution in [0, 0.1) is 5.92 Å². The molecule has 1 aliphatic carbocycles. The van der Waals surface area contributed by atoms with Crippen LogP contribution in [0.5, 0.6) is 0 Å². The first-order valence-corrected chi connectivity index (χ1v) is 7.32. The van der Waals surface area contributed by atoms with E-state index in [0.29, 0.717) is 0 Å². The number of nitrogens with one attached hydrogen (secondary N) is 1. The summed E-state index contributed by atoms with van der Waals surface area (Å²) in [6.07, 6.45) is 5.54. The molecule has 0 aromatic heterocycles. The Morgan fingerprint density at radius 2 is 2.22 bits per heavy atom. The Labute approximate surface area is 110 Å². The zero-order chi connectivity index (χ0) is 12.4. The molecule has 0 spiro atoms. The lowest BCUT2D eigenvalue weighted by Gasteiger charge is -2.31. The van der Waals surface area contributed by atoms with Gasteiger partial charge in [0.2, 0.25) is 0 Å². The normalized spacial score (nSPS) is 19.7. The molecule has 2 aliphatic rings. The number of hydrogen-bond donors (Lipinski definition) is 1. The van der Waals surface area contributed by atoms with Crippen molar-refractivity contribution in [2.75, 3.05) is 20.1 Å². The first-order valence-electron chi connectivity index (χ1n) is 7.32. The van der Waals surface area contributed by atoms with Crippen molar-refractivity contribution in [2.45, 2.75) is 38.8 Å². The first-order chi connectivity index (χ1) is 8.83. The molecule has 0 unspecified atom stereocenters. The van der Waals surface area contributed by atoms with E-state index in [-0.39, 0.29) is 0 Å². The summed E-state index contributed by atoms with van der Waals surface area (Å²) >= 11 is 0. The highest BCUT2D eigenvalue weighted by Gasteiger charge is 2.20. The van der Waals surface area contributed by atoms with Crippen LogP contribution in [0.1, 0.15) is 36.0 Å². The topological polar surface area (TPSA) is 15.3 Å². The lowest BCUT2D eigenvalue weighted by Crippen LogP contribution is -2.30. The van der Waals surface area contributed by atoms with Crippen molar-refractivity contribution in [2.24, 2.45) is 5.92 Å². The minimum absolute atomic E-state index is 0.969. The van der Waals surface area contributed by atoms with E-state index in [1.54, 1.807) is 11.1 Å². The quantitative estimate of drug-likeness (QED) is 0.875. The van der Waals surface area contributed by atoms with Crippen LogP contribution in [-0.4, -0.2) is 25.0 Å². The lowest BCUT2D eigenvalue weighted by molar-refractivity contribution is 0.200. The molecule has 1 aromatic rings. The van der Waals surface area contributed by atoms with E-state index >= 15 is 0 Å². The summed E-state index contributed by atoms with van der Waals surface area (Å²) < 4.78 is 0. The maximum Gasteiger partial charge on any atom is 0.0233 e. The van der Waals surface area contributed by atoms with Crippen LogP contribution in [0.25, 0.3) is 0 Å². The Morgan fingerprint density at radius 3 is 3.00 bits per heavy atom. The summed E-state index contributed by atoms with van der Waals surface area (Å²) in [4.78, 5) is 2.52. The molecule has 1 heterocycles. The minimum Gasteiger partial charge on any atom is -0.312 e. The van der Waals surface area contributed by atoms with Gasteiger partial charge in [-0.3, -0.25) is 0 Å². The van der Waals surface area contributed by atoms with Gasteiger partial charge in [0.1, 0.15) is 0 Å². The number of fused-ring (bicyclic) bond motifs is 1. The van der Waals surface area contributed by atoms with Gasteiger partial charge < -0.3 is 10.2 Å². The number of benzene rings is 1. The summed E-state index contributed by atoms with van der Waals surface area (Å²) in [5.74, 6) is 0.969. The third-order valence-electron chi connectivity index (χ3n) is 4.47. The molecular weight excluding hydrogens is 220 g/mol. The highest BCUT2D eigenvalue weighted by atomic mass is 15.1. The second-order valence-electron chi connectivity index (χ2n) is 5.98. The van der Waals surface area contributed by atoms with Crippen LogP contribution in [0.2, 0.25) is 0 Å². The van der Waals surface area contributed by atoms with Gasteiger partial charge in [-0.05, 0) is 55.5 Å². The van der Waals surface area contributed by atoms with Gasteiger partial charge in [-0.25, -0.2) is 0 Å². The Morgan fingerprint density at radius 1 is 1.33 bits per heavy atom. The number of hydrogen-bond acceptors (Lipinski definition) is 2. The fraction of sp³-hybridized carbons (Fsp3) is 0.625. The third kappa shape index (κ3) is 2.60. The van der Waals surface area contributed by atoms with E-state index in [0.717, 1.165) is 25.6 Å². The Kier molecular flexibility index (Phi) is 3.67. The first kappa shape index (κ1) is 12.2. The highest BCUT2D eigenvalue weighted by molar-refractivity contribution is 5.36. The summed E-state index contributed by atoms with van der Waals surface area (Å²) in [5.41, 5.74) is 4.67. The van der Waals surface area contributed by atoms with Crippen molar-refractivity contribution < 1.29 is 0 Å². The molecule has 1 aliphatic heterocycles. The van der Waals surface area contributed by atoms with Crippen molar-refractivity contribution in [3.05, 3.63) is 34.9 Å². The van der Waals surface area contributed by atoms with Crippen molar-refractivity contribution in [1.82, 2.24) is 10.2 Å². The largest absolute Gasteiger partial charge is 0.312 e. The maximum absolute atomic E-state index is 3.46. The minimum atomic E-state index is 0.969. The van der Waals surface area contributed by atoms with Crippen molar-refractivity contribution in [3.8, 4) is 0 Å². The molecule has 0 atom stereocenters. The van der Waals surface area contributed by atoms with Gasteiger partial charge >= 0.3 is 0 Å². The molecule has 18 heavy (non-hydrogen) atoms. The Hall–Kier alpha value is -0.860. The van der Waals surface area contributed by atoms with E-state index in [2.05, 4.69) is 35.5 Å². The average Bonchev–Trinajstić information content (AvgIpc) is 2.34. The molecular formula is C16H24N2. The van der Waals surface area contributed by atoms with Gasteiger partial charge in [-0.15, -0.1) is 0 Å². The zero-order valence-electron chi connectivity index (χ0n) is 11.4. The smallest absolute Gasteiger partial charge is 0.0233 e. The SMILES string of the molecule is CN(Cc1cccc2c1CCNC2)CC1CCC1. The van der Waals surface area contributed by atoms with E-state index in [4.69, 9.17) is 0 Å². The predicted molar refractivity (Wildman–Crippen MR) is 75.5 cm³/mol. The van der Waals surface area contributed by atoms with Gasteiger partial charge in [-0.1, -0.05) is 24.6 Å². The van der Waals surface area contributed by atoms with Crippen LogP contribution >= 0.6 is 0 Å². The van der Waals surface area contributed by atoms with Crippen LogP contribution in [-0.2, 0) is 19.5 Å². The van der Waals surface area contributed by atoms with Gasteiger partial charge in [0.05, 0.1) is 0 Å². The van der Waals surface area contributed by atoms with Gasteiger partial charge in [0, 0.05) is 19.6 Å². The molecule has 0 amide bonds. The molecule has 1 fully saturated rings.